The molecule has 0 aliphatic carbocycles. The molecule has 2 aromatic heterocycles. The zero-order valence-corrected chi connectivity index (χ0v) is 13.6. The quantitative estimate of drug-likeness (QED) is 0.676. The van der Waals surface area contributed by atoms with Gasteiger partial charge in [-0.25, -0.2) is 0 Å². The van der Waals surface area contributed by atoms with Crippen molar-refractivity contribution in [3.8, 4) is 34.0 Å². The van der Waals surface area contributed by atoms with Gasteiger partial charge in [0, 0.05) is 23.4 Å². The Labute approximate surface area is 145 Å². The van der Waals surface area contributed by atoms with E-state index in [1.54, 1.807) is 24.5 Å². The number of nitrogens with zero attached hydrogens (tertiary/aromatic N) is 3. The second-order valence-electron chi connectivity index (χ2n) is 6.04. The molecular weight excluding hydrogens is 318 g/mol. The van der Waals surface area contributed by atoms with E-state index in [0.29, 0.717) is 17.1 Å². The van der Waals surface area contributed by atoms with E-state index in [1.807, 2.05) is 18.2 Å². The normalized spacial score (nSPS) is 15.2. The zero-order valence-electron chi connectivity index (χ0n) is 13.6. The first kappa shape index (κ1) is 15.6. The van der Waals surface area contributed by atoms with Crippen molar-refractivity contribution >= 4 is 0 Å². The standard InChI is InChI=1S/C18H19N5O2/c24-17-9-12(13-10-20-21-11-13)1-2-15(17)16-3-4-18(23-22-16)25-14-5-7-19-8-6-14/h1-4,9-11,14,19,24H,5-8H2,(H,20,21). The number of phenolic OH excluding ortho intramolecular Hbond substituents is 1. The summed E-state index contributed by atoms with van der Waals surface area (Å²) in [7, 11) is 0. The number of aromatic amines is 1. The third-order valence-corrected chi connectivity index (χ3v) is 4.32. The Hall–Kier alpha value is -2.93. The van der Waals surface area contributed by atoms with Crippen molar-refractivity contribution in [2.75, 3.05) is 13.1 Å². The van der Waals surface area contributed by atoms with Gasteiger partial charge in [0.05, 0.1) is 11.9 Å². The minimum Gasteiger partial charge on any atom is -0.507 e. The molecule has 3 heterocycles. The largest absolute Gasteiger partial charge is 0.507 e. The van der Waals surface area contributed by atoms with Crippen LogP contribution >= 0.6 is 0 Å². The minimum absolute atomic E-state index is 0.153. The summed E-state index contributed by atoms with van der Waals surface area (Å²) < 4.78 is 5.86. The fraction of sp³-hybridized carbons (Fsp3) is 0.278. The van der Waals surface area contributed by atoms with E-state index in [1.165, 1.54) is 0 Å². The second kappa shape index (κ2) is 6.90. The van der Waals surface area contributed by atoms with Crippen LogP contribution in [0.1, 0.15) is 12.8 Å². The topological polar surface area (TPSA) is 96.0 Å². The molecule has 7 nitrogen and oxygen atoms in total. The third kappa shape index (κ3) is 3.46. The van der Waals surface area contributed by atoms with E-state index in [9.17, 15) is 5.11 Å². The maximum absolute atomic E-state index is 10.3. The molecule has 1 saturated heterocycles. The van der Waals surface area contributed by atoms with Gasteiger partial charge in [-0.2, -0.15) is 5.10 Å². The van der Waals surface area contributed by atoms with E-state index in [-0.39, 0.29) is 11.9 Å². The Morgan fingerprint density at radius 1 is 1.04 bits per heavy atom. The average Bonchev–Trinajstić information content (AvgIpc) is 3.18. The molecule has 128 valence electrons. The lowest BCUT2D eigenvalue weighted by atomic mass is 10.0. The maximum Gasteiger partial charge on any atom is 0.233 e. The molecule has 0 spiro atoms. The first-order valence-electron chi connectivity index (χ1n) is 8.33. The summed E-state index contributed by atoms with van der Waals surface area (Å²) in [6, 6.07) is 9.06. The van der Waals surface area contributed by atoms with Crippen molar-refractivity contribution in [3.63, 3.8) is 0 Å². The summed E-state index contributed by atoms with van der Waals surface area (Å²) in [5.41, 5.74) is 3.04. The van der Waals surface area contributed by atoms with Gasteiger partial charge in [0.1, 0.15) is 11.9 Å². The smallest absolute Gasteiger partial charge is 0.233 e. The number of hydrogen-bond donors (Lipinski definition) is 3. The van der Waals surface area contributed by atoms with Crippen molar-refractivity contribution in [3.05, 3.63) is 42.7 Å². The number of benzene rings is 1. The van der Waals surface area contributed by atoms with Gasteiger partial charge in [-0.1, -0.05) is 6.07 Å². The molecule has 1 fully saturated rings. The molecule has 4 rings (SSSR count). The highest BCUT2D eigenvalue weighted by atomic mass is 16.5. The fourth-order valence-corrected chi connectivity index (χ4v) is 2.95. The molecule has 7 heteroatoms. The Kier molecular flexibility index (Phi) is 4.30. The van der Waals surface area contributed by atoms with Crippen LogP contribution in [-0.2, 0) is 0 Å². The molecule has 1 aromatic carbocycles. The molecule has 3 N–H and O–H groups in total. The Morgan fingerprint density at radius 3 is 2.60 bits per heavy atom. The van der Waals surface area contributed by atoms with Crippen molar-refractivity contribution in [1.82, 2.24) is 25.7 Å². The molecule has 25 heavy (non-hydrogen) atoms. The number of phenols is 1. The van der Waals surface area contributed by atoms with E-state index >= 15 is 0 Å². The van der Waals surface area contributed by atoms with Crippen LogP contribution in [0.2, 0.25) is 0 Å². The molecule has 0 saturated carbocycles. The highest BCUT2D eigenvalue weighted by molar-refractivity contribution is 5.73. The number of aromatic hydroxyl groups is 1. The van der Waals surface area contributed by atoms with Crippen LogP contribution in [-0.4, -0.2) is 44.7 Å². The van der Waals surface area contributed by atoms with Crippen LogP contribution in [0.3, 0.4) is 0 Å². The number of piperidine rings is 1. The Balaban J connectivity index is 1.51. The maximum atomic E-state index is 10.3. The lowest BCUT2D eigenvalue weighted by molar-refractivity contribution is 0.154. The zero-order chi connectivity index (χ0) is 17.1. The van der Waals surface area contributed by atoms with E-state index < -0.39 is 0 Å². The molecule has 0 radical (unpaired) electrons. The van der Waals surface area contributed by atoms with Crippen molar-refractivity contribution in [2.45, 2.75) is 18.9 Å². The highest BCUT2D eigenvalue weighted by Crippen LogP contribution is 2.32. The summed E-state index contributed by atoms with van der Waals surface area (Å²) in [5, 5.41) is 28.7. The van der Waals surface area contributed by atoms with Gasteiger partial charge in [0.2, 0.25) is 5.88 Å². The first-order valence-corrected chi connectivity index (χ1v) is 8.33. The molecule has 0 bridgehead atoms. The van der Waals surface area contributed by atoms with Crippen molar-refractivity contribution in [1.29, 1.82) is 0 Å². The molecule has 3 aromatic rings. The van der Waals surface area contributed by atoms with Crippen LogP contribution in [0, 0.1) is 0 Å². The number of H-pyrrole nitrogens is 1. The number of aromatic nitrogens is 4. The molecule has 0 amide bonds. The molecular formula is C18H19N5O2. The van der Waals surface area contributed by atoms with Crippen LogP contribution in [0.15, 0.2) is 42.7 Å². The lowest BCUT2D eigenvalue weighted by Crippen LogP contribution is -2.34. The summed E-state index contributed by atoms with van der Waals surface area (Å²) in [6.45, 7) is 1.93. The van der Waals surface area contributed by atoms with E-state index in [4.69, 9.17) is 4.74 Å². The monoisotopic (exact) mass is 337 g/mol. The summed E-state index contributed by atoms with van der Waals surface area (Å²) in [4.78, 5) is 0. The Bertz CT molecular complexity index is 827. The summed E-state index contributed by atoms with van der Waals surface area (Å²) in [6.07, 6.45) is 5.62. The predicted octanol–water partition coefficient (Wildman–Crippen LogP) is 2.37. The lowest BCUT2D eigenvalue weighted by Gasteiger charge is -2.22. The average molecular weight is 337 g/mol. The molecule has 0 unspecified atom stereocenters. The Morgan fingerprint density at radius 2 is 1.92 bits per heavy atom. The van der Waals surface area contributed by atoms with Gasteiger partial charge in [-0.15, -0.1) is 10.2 Å². The highest BCUT2D eigenvalue weighted by Gasteiger charge is 2.15. The van der Waals surface area contributed by atoms with Gasteiger partial charge in [0.25, 0.3) is 0 Å². The van der Waals surface area contributed by atoms with Gasteiger partial charge in [0.15, 0.2) is 0 Å². The second-order valence-corrected chi connectivity index (χ2v) is 6.04. The third-order valence-electron chi connectivity index (χ3n) is 4.32. The summed E-state index contributed by atoms with van der Waals surface area (Å²) >= 11 is 0. The number of rotatable bonds is 4. The van der Waals surface area contributed by atoms with Gasteiger partial charge >= 0.3 is 0 Å². The number of hydrogen-bond acceptors (Lipinski definition) is 6. The van der Waals surface area contributed by atoms with Crippen LogP contribution in [0.5, 0.6) is 11.6 Å². The molecule has 1 aliphatic heterocycles. The van der Waals surface area contributed by atoms with Crippen LogP contribution in [0.25, 0.3) is 22.4 Å². The molecule has 1 aliphatic rings. The van der Waals surface area contributed by atoms with Gasteiger partial charge in [-0.3, -0.25) is 5.10 Å². The van der Waals surface area contributed by atoms with Crippen LogP contribution < -0.4 is 10.1 Å². The SMILES string of the molecule is Oc1cc(-c2cn[nH]c2)ccc1-c1ccc(OC2CCNCC2)nn1. The van der Waals surface area contributed by atoms with Crippen molar-refractivity contribution < 1.29 is 9.84 Å². The van der Waals surface area contributed by atoms with E-state index in [2.05, 4.69) is 25.7 Å². The van der Waals surface area contributed by atoms with Gasteiger partial charge < -0.3 is 15.2 Å². The summed E-state index contributed by atoms with van der Waals surface area (Å²) in [5.74, 6) is 0.671. The van der Waals surface area contributed by atoms with E-state index in [0.717, 1.165) is 37.1 Å². The number of nitrogens with one attached hydrogen (secondary N) is 2. The predicted molar refractivity (Wildman–Crippen MR) is 93.2 cm³/mol. The van der Waals surface area contributed by atoms with Crippen molar-refractivity contribution in [2.24, 2.45) is 0 Å². The minimum atomic E-state index is 0.153. The van der Waals surface area contributed by atoms with Gasteiger partial charge in [-0.05, 0) is 49.7 Å². The number of ether oxygens (including phenoxy) is 1. The first-order chi connectivity index (χ1) is 12.3. The van der Waals surface area contributed by atoms with Crippen LogP contribution in [0.4, 0.5) is 0 Å². The molecule has 0 atom stereocenters. The fourth-order valence-electron chi connectivity index (χ4n) is 2.95.